The van der Waals surface area contributed by atoms with Gasteiger partial charge in [0.2, 0.25) is 5.43 Å². The molecule has 1 aromatic heterocycles. The molecule has 0 amide bonds. The molecular formula is C16H18FNO3S. The molecule has 0 saturated carbocycles. The zero-order valence-corrected chi connectivity index (χ0v) is 13.6. The number of thioether (sulfide) groups is 1. The second-order valence-electron chi connectivity index (χ2n) is 4.75. The standard InChI is InChI=1S/C16H18FNO3S/c1-4-8-18-12-7-6-10(17)9-11(12)14(19)13(15(18)22-3)16(20)21-5-2/h6-7,9H,4-5,8H2,1-3H3. The SMILES string of the molecule is CCCn1c(SC)c(C(=O)OCC)c(=O)c2cc(F)ccc21. The maximum Gasteiger partial charge on any atom is 0.344 e. The van der Waals surface area contributed by atoms with Crippen LogP contribution in [0.15, 0.2) is 28.0 Å². The highest BCUT2D eigenvalue weighted by Crippen LogP contribution is 2.25. The Morgan fingerprint density at radius 3 is 2.68 bits per heavy atom. The summed E-state index contributed by atoms with van der Waals surface area (Å²) in [6.07, 6.45) is 2.63. The van der Waals surface area contributed by atoms with E-state index < -0.39 is 17.2 Å². The molecule has 0 N–H and O–H groups in total. The molecule has 0 atom stereocenters. The Morgan fingerprint density at radius 1 is 1.36 bits per heavy atom. The Balaban J connectivity index is 2.90. The Morgan fingerprint density at radius 2 is 2.09 bits per heavy atom. The van der Waals surface area contributed by atoms with Gasteiger partial charge < -0.3 is 9.30 Å². The lowest BCUT2D eigenvalue weighted by atomic mass is 10.1. The van der Waals surface area contributed by atoms with Crippen molar-refractivity contribution in [2.45, 2.75) is 31.8 Å². The van der Waals surface area contributed by atoms with Crippen LogP contribution in [0.3, 0.4) is 0 Å². The number of aromatic nitrogens is 1. The van der Waals surface area contributed by atoms with Crippen molar-refractivity contribution in [3.8, 4) is 0 Å². The first-order valence-corrected chi connectivity index (χ1v) is 8.34. The molecule has 0 aliphatic carbocycles. The van der Waals surface area contributed by atoms with Crippen LogP contribution in [0.4, 0.5) is 4.39 Å². The summed E-state index contributed by atoms with van der Waals surface area (Å²) in [5.74, 6) is -1.16. The Labute approximate surface area is 132 Å². The number of carbonyl (C=O) groups excluding carboxylic acids is 1. The molecule has 1 heterocycles. The number of ether oxygens (including phenoxy) is 1. The van der Waals surface area contributed by atoms with Crippen LogP contribution in [0.2, 0.25) is 0 Å². The summed E-state index contributed by atoms with van der Waals surface area (Å²) < 4.78 is 20.4. The van der Waals surface area contributed by atoms with Gasteiger partial charge in [0.05, 0.1) is 17.1 Å². The third kappa shape index (κ3) is 2.88. The van der Waals surface area contributed by atoms with Crippen LogP contribution >= 0.6 is 11.8 Å². The van der Waals surface area contributed by atoms with Crippen molar-refractivity contribution in [1.82, 2.24) is 4.57 Å². The molecule has 22 heavy (non-hydrogen) atoms. The second kappa shape index (κ2) is 6.96. The number of rotatable bonds is 5. The van der Waals surface area contributed by atoms with Gasteiger partial charge in [0.25, 0.3) is 0 Å². The van der Waals surface area contributed by atoms with E-state index in [1.165, 1.54) is 23.9 Å². The van der Waals surface area contributed by atoms with E-state index in [0.717, 1.165) is 6.42 Å². The number of aryl methyl sites for hydroxylation is 1. The first-order valence-electron chi connectivity index (χ1n) is 7.12. The molecule has 0 spiro atoms. The number of benzene rings is 1. The van der Waals surface area contributed by atoms with Crippen molar-refractivity contribution in [3.63, 3.8) is 0 Å². The average molecular weight is 323 g/mol. The zero-order valence-electron chi connectivity index (χ0n) is 12.8. The number of carbonyl (C=O) groups is 1. The third-order valence-electron chi connectivity index (χ3n) is 3.30. The van der Waals surface area contributed by atoms with Gasteiger partial charge in [-0.15, -0.1) is 11.8 Å². The first kappa shape index (κ1) is 16.5. The maximum atomic E-state index is 13.5. The van der Waals surface area contributed by atoms with Crippen molar-refractivity contribution in [2.75, 3.05) is 12.9 Å². The van der Waals surface area contributed by atoms with E-state index in [2.05, 4.69) is 0 Å². The number of hydrogen-bond acceptors (Lipinski definition) is 4. The fourth-order valence-corrected chi connectivity index (χ4v) is 3.23. The van der Waals surface area contributed by atoms with Gasteiger partial charge in [-0.1, -0.05) is 6.92 Å². The van der Waals surface area contributed by atoms with E-state index in [0.29, 0.717) is 17.1 Å². The number of esters is 1. The average Bonchev–Trinajstić information content (AvgIpc) is 2.50. The van der Waals surface area contributed by atoms with E-state index in [9.17, 15) is 14.0 Å². The zero-order chi connectivity index (χ0) is 16.3. The normalized spacial score (nSPS) is 10.9. The maximum absolute atomic E-state index is 13.5. The topological polar surface area (TPSA) is 48.3 Å². The van der Waals surface area contributed by atoms with Gasteiger partial charge in [-0.25, -0.2) is 9.18 Å². The summed E-state index contributed by atoms with van der Waals surface area (Å²) in [6, 6.07) is 4.08. The number of pyridine rings is 1. The van der Waals surface area contributed by atoms with E-state index in [1.807, 2.05) is 11.5 Å². The molecule has 2 rings (SSSR count). The third-order valence-corrected chi connectivity index (χ3v) is 4.11. The fraction of sp³-hybridized carbons (Fsp3) is 0.375. The number of nitrogens with zero attached hydrogens (tertiary/aromatic N) is 1. The highest BCUT2D eigenvalue weighted by atomic mass is 32.2. The lowest BCUT2D eigenvalue weighted by molar-refractivity contribution is 0.0519. The Hall–Kier alpha value is -1.82. The predicted molar refractivity (Wildman–Crippen MR) is 86.2 cm³/mol. The number of halogens is 1. The molecule has 0 aliphatic heterocycles. The van der Waals surface area contributed by atoms with Crippen molar-refractivity contribution >= 4 is 28.6 Å². The molecule has 0 saturated heterocycles. The smallest absolute Gasteiger partial charge is 0.344 e. The van der Waals surface area contributed by atoms with Crippen LogP contribution in [0.1, 0.15) is 30.6 Å². The molecule has 6 heteroatoms. The number of fused-ring (bicyclic) bond motifs is 1. The molecule has 1 aromatic carbocycles. The summed E-state index contributed by atoms with van der Waals surface area (Å²) in [4.78, 5) is 24.8. The minimum absolute atomic E-state index is 0.0131. The monoisotopic (exact) mass is 323 g/mol. The van der Waals surface area contributed by atoms with E-state index >= 15 is 0 Å². The van der Waals surface area contributed by atoms with Gasteiger partial charge >= 0.3 is 5.97 Å². The first-order chi connectivity index (χ1) is 10.5. The molecule has 4 nitrogen and oxygen atoms in total. The lowest BCUT2D eigenvalue weighted by Crippen LogP contribution is -2.23. The van der Waals surface area contributed by atoms with E-state index in [1.54, 1.807) is 19.2 Å². The van der Waals surface area contributed by atoms with Crippen molar-refractivity contribution in [2.24, 2.45) is 0 Å². The number of hydrogen-bond donors (Lipinski definition) is 0. The minimum atomic E-state index is -0.659. The molecule has 0 bridgehead atoms. The molecule has 0 aliphatic rings. The van der Waals surface area contributed by atoms with Gasteiger partial charge in [0, 0.05) is 11.9 Å². The predicted octanol–water partition coefficient (Wildman–Crippen LogP) is 3.45. The van der Waals surface area contributed by atoms with Crippen LogP contribution in [-0.2, 0) is 11.3 Å². The quantitative estimate of drug-likeness (QED) is 0.624. The van der Waals surface area contributed by atoms with Crippen molar-refractivity contribution in [1.29, 1.82) is 0 Å². The summed E-state index contributed by atoms with van der Waals surface area (Å²) in [7, 11) is 0. The van der Waals surface area contributed by atoms with Crippen LogP contribution in [-0.4, -0.2) is 23.4 Å². The summed E-state index contributed by atoms with van der Waals surface area (Å²) >= 11 is 1.32. The lowest BCUT2D eigenvalue weighted by Gasteiger charge is -2.18. The Bertz CT molecular complexity index is 770. The van der Waals surface area contributed by atoms with Crippen LogP contribution in [0.25, 0.3) is 10.9 Å². The van der Waals surface area contributed by atoms with Crippen LogP contribution < -0.4 is 5.43 Å². The van der Waals surface area contributed by atoms with Crippen LogP contribution in [0, 0.1) is 5.82 Å². The highest BCUT2D eigenvalue weighted by Gasteiger charge is 2.23. The Kier molecular flexibility index (Phi) is 5.24. The molecule has 0 radical (unpaired) electrons. The second-order valence-corrected chi connectivity index (χ2v) is 5.54. The van der Waals surface area contributed by atoms with E-state index in [4.69, 9.17) is 4.74 Å². The summed E-state index contributed by atoms with van der Waals surface area (Å²) in [6.45, 7) is 4.50. The molecule has 118 valence electrons. The van der Waals surface area contributed by atoms with Gasteiger partial charge in [-0.2, -0.15) is 0 Å². The molecule has 0 unspecified atom stereocenters. The van der Waals surface area contributed by atoms with Crippen molar-refractivity contribution in [3.05, 3.63) is 39.8 Å². The van der Waals surface area contributed by atoms with Gasteiger partial charge in [-0.3, -0.25) is 4.79 Å². The van der Waals surface area contributed by atoms with Crippen molar-refractivity contribution < 1.29 is 13.9 Å². The molecule has 2 aromatic rings. The van der Waals surface area contributed by atoms with Crippen LogP contribution in [0.5, 0.6) is 0 Å². The fourth-order valence-electron chi connectivity index (χ4n) is 2.44. The van der Waals surface area contributed by atoms with E-state index in [-0.39, 0.29) is 17.6 Å². The minimum Gasteiger partial charge on any atom is -0.462 e. The molecule has 0 fully saturated rings. The van der Waals surface area contributed by atoms with Gasteiger partial charge in [-0.05, 0) is 37.8 Å². The van der Waals surface area contributed by atoms with Gasteiger partial charge in [0.15, 0.2) is 0 Å². The summed E-state index contributed by atoms with van der Waals surface area (Å²) in [5, 5.41) is 0.763. The van der Waals surface area contributed by atoms with Gasteiger partial charge in [0.1, 0.15) is 11.4 Å². The largest absolute Gasteiger partial charge is 0.462 e. The summed E-state index contributed by atoms with van der Waals surface area (Å²) in [5.41, 5.74) is 0.135. The molecular weight excluding hydrogens is 305 g/mol. The highest BCUT2D eigenvalue weighted by molar-refractivity contribution is 7.98.